The minimum atomic E-state index is -6.43. The van der Waals surface area contributed by atoms with Gasteiger partial charge in [-0.1, -0.05) is 0 Å². The summed E-state index contributed by atoms with van der Waals surface area (Å²) in [6, 6.07) is 0. The lowest BCUT2D eigenvalue weighted by atomic mass is 10.2. The minimum absolute atomic E-state index is 1.46. The largest absolute Gasteiger partial charge is 0.460 e. The van der Waals surface area contributed by atoms with Crippen molar-refractivity contribution >= 4 is 0 Å². The zero-order valence-corrected chi connectivity index (χ0v) is 6.93. The van der Waals surface area contributed by atoms with E-state index in [-0.39, 0.29) is 0 Å². The molecule has 0 aromatic heterocycles. The molecule has 1 unspecified atom stereocenters. The Balaban J connectivity index is 5.08. The maximum atomic E-state index is 12.1. The number of rotatable bonds is 2. The number of hydrogen-bond acceptors (Lipinski definition) is 0. The lowest BCUT2D eigenvalue weighted by Crippen LogP contribution is -2.38. The van der Waals surface area contributed by atoms with Crippen LogP contribution in [0.25, 0.3) is 0 Å². The Morgan fingerprint density at radius 1 is 0.875 bits per heavy atom. The summed E-state index contributed by atoms with van der Waals surface area (Å²) in [4.78, 5) is 0. The maximum absolute atomic E-state index is 12.1. The van der Waals surface area contributed by atoms with Crippen LogP contribution in [0, 0.1) is 0 Å². The molecule has 0 saturated carbocycles. The van der Waals surface area contributed by atoms with Crippen LogP contribution in [0.4, 0.5) is 43.9 Å². The molecule has 0 aliphatic carbocycles. The maximum Gasteiger partial charge on any atom is 0.460 e. The molecule has 0 bridgehead atoms. The van der Waals surface area contributed by atoms with E-state index < -0.39 is 36.3 Å². The van der Waals surface area contributed by atoms with E-state index in [0.717, 1.165) is 0 Å². The predicted octanol–water partition coefficient (Wildman–Crippen LogP) is 3.94. The van der Waals surface area contributed by atoms with E-state index >= 15 is 0 Å². The highest BCUT2D eigenvalue weighted by atomic mass is 19.4. The summed E-state index contributed by atoms with van der Waals surface area (Å²) in [6.45, 7) is 0. The molecule has 0 aromatic rings. The van der Waals surface area contributed by atoms with Gasteiger partial charge in [0, 0.05) is 0 Å². The molecule has 0 nitrogen and oxygen atoms in total. The lowest BCUT2D eigenvalue weighted by Gasteiger charge is -2.18. The quantitative estimate of drug-likeness (QED) is 0.663. The third kappa shape index (κ3) is 3.27. The molecule has 0 heterocycles. The molecule has 0 saturated heterocycles. The Kier molecular flexibility index (Phi) is 3.88. The van der Waals surface area contributed by atoms with E-state index in [2.05, 4.69) is 0 Å². The van der Waals surface area contributed by atoms with Gasteiger partial charge in [-0.25, -0.2) is 8.78 Å². The topological polar surface area (TPSA) is 0 Å². The van der Waals surface area contributed by atoms with E-state index in [4.69, 9.17) is 0 Å². The molecule has 1 atom stereocenters. The average molecular weight is 264 g/mol. The second kappa shape index (κ2) is 4.13. The summed E-state index contributed by atoms with van der Waals surface area (Å²) in [7, 11) is 0. The van der Waals surface area contributed by atoms with Crippen molar-refractivity contribution in [2.75, 3.05) is 0 Å². The number of hydrogen-bond donors (Lipinski definition) is 0. The SMILES string of the molecule is FC(=CC(F)C(F)(F)F)C(F)(F)C(F)(F)F. The first kappa shape index (κ1) is 15.0. The molecule has 10 heteroatoms. The zero-order valence-electron chi connectivity index (χ0n) is 6.93. The highest BCUT2D eigenvalue weighted by Gasteiger charge is 2.61. The van der Waals surface area contributed by atoms with Crippen LogP contribution >= 0.6 is 0 Å². The first-order chi connectivity index (χ1) is 6.80. The van der Waals surface area contributed by atoms with Crippen LogP contribution < -0.4 is 0 Å². The van der Waals surface area contributed by atoms with Crippen LogP contribution in [0.2, 0.25) is 0 Å². The molecular weight excluding hydrogens is 262 g/mol. The summed E-state index contributed by atoms with van der Waals surface area (Å²) in [5.41, 5.74) is 0. The summed E-state index contributed by atoms with van der Waals surface area (Å²) in [5.74, 6) is -9.69. The fourth-order valence-electron chi connectivity index (χ4n) is 0.463. The third-order valence-corrected chi connectivity index (χ3v) is 1.26. The van der Waals surface area contributed by atoms with Gasteiger partial charge in [0.25, 0.3) is 0 Å². The van der Waals surface area contributed by atoms with Crippen molar-refractivity contribution in [3.8, 4) is 0 Å². The standard InChI is InChI=1S/C6H2F10/c7-2(1-3(8)5(11,12)13)4(9,10)6(14,15)16/h1,3H. The highest BCUT2D eigenvalue weighted by molar-refractivity contribution is 5.11. The second-order valence-corrected chi connectivity index (χ2v) is 2.53. The number of alkyl halides is 9. The molecule has 0 fully saturated rings. The Bertz CT molecular complexity index is 268. The van der Waals surface area contributed by atoms with Crippen molar-refractivity contribution < 1.29 is 43.9 Å². The predicted molar refractivity (Wildman–Crippen MR) is 31.1 cm³/mol. The second-order valence-electron chi connectivity index (χ2n) is 2.53. The van der Waals surface area contributed by atoms with Crippen molar-refractivity contribution in [1.29, 1.82) is 0 Å². The molecule has 96 valence electrons. The molecule has 0 N–H and O–H groups in total. The van der Waals surface area contributed by atoms with Gasteiger partial charge >= 0.3 is 18.3 Å². The average Bonchev–Trinajstić information content (AvgIpc) is 1.99. The van der Waals surface area contributed by atoms with E-state index in [1.54, 1.807) is 0 Å². The molecule has 0 amide bonds. The normalized spacial score (nSPS) is 17.5. The Labute approximate surface area is 81.5 Å². The van der Waals surface area contributed by atoms with E-state index in [1.807, 2.05) is 0 Å². The molecule has 0 aliphatic rings. The molecule has 0 radical (unpaired) electrons. The molecule has 16 heavy (non-hydrogen) atoms. The van der Waals surface area contributed by atoms with Crippen molar-refractivity contribution in [3.63, 3.8) is 0 Å². The van der Waals surface area contributed by atoms with Gasteiger partial charge in [-0.3, -0.25) is 0 Å². The van der Waals surface area contributed by atoms with Crippen LogP contribution in [0.5, 0.6) is 0 Å². The van der Waals surface area contributed by atoms with Crippen LogP contribution in [-0.4, -0.2) is 24.4 Å². The highest BCUT2D eigenvalue weighted by Crippen LogP contribution is 2.42. The fraction of sp³-hybridized carbons (Fsp3) is 0.667. The molecule has 0 spiro atoms. The lowest BCUT2D eigenvalue weighted by molar-refractivity contribution is -0.271. The van der Waals surface area contributed by atoms with Gasteiger partial charge in [-0.15, -0.1) is 0 Å². The van der Waals surface area contributed by atoms with Crippen LogP contribution in [0.1, 0.15) is 0 Å². The van der Waals surface area contributed by atoms with Crippen molar-refractivity contribution in [2.45, 2.75) is 24.4 Å². The third-order valence-electron chi connectivity index (χ3n) is 1.26. The van der Waals surface area contributed by atoms with E-state index in [1.165, 1.54) is 0 Å². The van der Waals surface area contributed by atoms with E-state index in [0.29, 0.717) is 0 Å². The van der Waals surface area contributed by atoms with Gasteiger partial charge in [0.1, 0.15) is 0 Å². The molecule has 0 aliphatic heterocycles. The summed E-state index contributed by atoms with van der Waals surface area (Å²) < 4.78 is 116. The summed E-state index contributed by atoms with van der Waals surface area (Å²) in [6.07, 6.45) is -17.9. The Morgan fingerprint density at radius 2 is 1.25 bits per heavy atom. The van der Waals surface area contributed by atoms with Crippen molar-refractivity contribution in [2.24, 2.45) is 0 Å². The van der Waals surface area contributed by atoms with Crippen LogP contribution in [-0.2, 0) is 0 Å². The zero-order chi connectivity index (χ0) is 13.4. The minimum Gasteiger partial charge on any atom is -0.233 e. The van der Waals surface area contributed by atoms with Gasteiger partial charge in [0.05, 0.1) is 0 Å². The monoisotopic (exact) mass is 264 g/mol. The summed E-state index contributed by atoms with van der Waals surface area (Å²) in [5, 5.41) is 0. The molecular formula is C6H2F10. The van der Waals surface area contributed by atoms with Gasteiger partial charge in [0.15, 0.2) is 5.83 Å². The Morgan fingerprint density at radius 3 is 1.50 bits per heavy atom. The van der Waals surface area contributed by atoms with Gasteiger partial charge in [-0.05, 0) is 6.08 Å². The smallest absolute Gasteiger partial charge is 0.233 e. The first-order valence-corrected chi connectivity index (χ1v) is 3.33. The van der Waals surface area contributed by atoms with Gasteiger partial charge < -0.3 is 0 Å². The fourth-order valence-corrected chi connectivity index (χ4v) is 0.463. The van der Waals surface area contributed by atoms with Gasteiger partial charge in [0.2, 0.25) is 6.17 Å². The molecule has 0 aromatic carbocycles. The first-order valence-electron chi connectivity index (χ1n) is 3.33. The van der Waals surface area contributed by atoms with Gasteiger partial charge in [-0.2, -0.15) is 35.1 Å². The number of allylic oxidation sites excluding steroid dienone is 2. The van der Waals surface area contributed by atoms with Crippen LogP contribution in [0.15, 0.2) is 11.9 Å². The molecule has 0 rings (SSSR count). The number of halogens is 10. The van der Waals surface area contributed by atoms with Crippen molar-refractivity contribution in [1.82, 2.24) is 0 Å². The Hall–Kier alpha value is -0.960. The van der Waals surface area contributed by atoms with Crippen molar-refractivity contribution in [3.05, 3.63) is 11.9 Å². The van der Waals surface area contributed by atoms with Crippen LogP contribution in [0.3, 0.4) is 0 Å². The van der Waals surface area contributed by atoms with E-state index in [9.17, 15) is 43.9 Å². The summed E-state index contributed by atoms with van der Waals surface area (Å²) >= 11 is 0.